The van der Waals surface area contributed by atoms with Gasteiger partial charge in [-0.05, 0) is 12.1 Å². The van der Waals surface area contributed by atoms with Crippen molar-refractivity contribution in [2.45, 2.75) is 6.92 Å². The van der Waals surface area contributed by atoms with Gasteiger partial charge in [-0.25, -0.2) is 4.98 Å². The van der Waals surface area contributed by atoms with Crippen LogP contribution in [0.1, 0.15) is 16.4 Å². The fourth-order valence-electron chi connectivity index (χ4n) is 1.98. The molecule has 0 fully saturated rings. The first kappa shape index (κ1) is 17.9. The maximum absolute atomic E-state index is 12.4. The molecule has 0 aliphatic heterocycles. The molecule has 0 aliphatic carbocycles. The second kappa shape index (κ2) is 7.17. The number of hydrogen-bond acceptors (Lipinski definition) is 5. The summed E-state index contributed by atoms with van der Waals surface area (Å²) in [6.07, 6.45) is 0. The molecule has 6 nitrogen and oxygen atoms in total. The Morgan fingerprint density at radius 3 is 2.52 bits per heavy atom. The van der Waals surface area contributed by atoms with Gasteiger partial charge in [-0.1, -0.05) is 63.7 Å². The highest BCUT2D eigenvalue weighted by Crippen LogP contribution is 2.36. The van der Waals surface area contributed by atoms with Crippen molar-refractivity contribution in [2.24, 2.45) is 0 Å². The number of carbonyl (C=O) groups excluding carboxylic acids is 1. The minimum Gasteiger partial charge on any atom is -0.339 e. The zero-order valence-corrected chi connectivity index (χ0v) is 15.5. The van der Waals surface area contributed by atoms with E-state index >= 15 is 0 Å². The number of amides is 1. The quantitative estimate of drug-likeness (QED) is 0.584. The number of aryl methyl sites for hydroxylation is 1. The maximum atomic E-state index is 12.4. The summed E-state index contributed by atoms with van der Waals surface area (Å²) in [6, 6.07) is 6.87. The number of rotatable bonds is 3. The van der Waals surface area contributed by atoms with Crippen LogP contribution in [0.4, 0.5) is 5.69 Å². The second-order valence-electron chi connectivity index (χ2n) is 4.87. The molecule has 25 heavy (non-hydrogen) atoms. The Morgan fingerprint density at radius 1 is 1.08 bits per heavy atom. The molecular weight excluding hydrogens is 410 g/mol. The summed E-state index contributed by atoms with van der Waals surface area (Å²) >= 11 is 23.7. The van der Waals surface area contributed by atoms with E-state index in [1.54, 1.807) is 31.2 Å². The van der Waals surface area contributed by atoms with Crippen molar-refractivity contribution >= 4 is 58.0 Å². The van der Waals surface area contributed by atoms with Gasteiger partial charge in [0.15, 0.2) is 0 Å². The smallest absolute Gasteiger partial charge is 0.275 e. The Balaban J connectivity index is 1.89. The van der Waals surface area contributed by atoms with Gasteiger partial charge in [0.1, 0.15) is 10.8 Å². The van der Waals surface area contributed by atoms with Gasteiger partial charge in [-0.15, -0.1) is 0 Å². The van der Waals surface area contributed by atoms with Crippen molar-refractivity contribution in [3.8, 4) is 11.4 Å². The molecule has 0 atom stereocenters. The fraction of sp³-hybridized carbons (Fsp3) is 0.0667. The zero-order chi connectivity index (χ0) is 18.1. The first-order chi connectivity index (χ1) is 11.9. The van der Waals surface area contributed by atoms with Crippen LogP contribution in [0, 0.1) is 6.92 Å². The maximum Gasteiger partial charge on any atom is 0.275 e. The predicted molar refractivity (Wildman–Crippen MR) is 96.7 cm³/mol. The zero-order valence-electron chi connectivity index (χ0n) is 12.5. The van der Waals surface area contributed by atoms with Gasteiger partial charge in [0.2, 0.25) is 11.7 Å². The summed E-state index contributed by atoms with van der Waals surface area (Å²) < 4.78 is 4.94. The molecule has 1 aromatic carbocycles. The number of anilines is 1. The molecule has 0 saturated carbocycles. The number of pyridine rings is 1. The van der Waals surface area contributed by atoms with Crippen LogP contribution >= 0.6 is 46.4 Å². The number of halogens is 4. The van der Waals surface area contributed by atoms with Crippen LogP contribution in [-0.4, -0.2) is 21.0 Å². The average molecular weight is 418 g/mol. The van der Waals surface area contributed by atoms with Gasteiger partial charge >= 0.3 is 0 Å². The minimum absolute atomic E-state index is 0.0145. The van der Waals surface area contributed by atoms with Crippen molar-refractivity contribution in [3.63, 3.8) is 0 Å². The monoisotopic (exact) mass is 416 g/mol. The molecule has 2 heterocycles. The topological polar surface area (TPSA) is 80.9 Å². The van der Waals surface area contributed by atoms with Crippen molar-refractivity contribution in [3.05, 3.63) is 56.1 Å². The number of nitrogens with zero attached hydrogens (tertiary/aromatic N) is 3. The van der Waals surface area contributed by atoms with Crippen molar-refractivity contribution < 1.29 is 9.32 Å². The molecule has 0 bridgehead atoms. The van der Waals surface area contributed by atoms with Gasteiger partial charge in [0, 0.05) is 18.2 Å². The molecular formula is C15H8Cl4N4O2. The van der Waals surface area contributed by atoms with Crippen LogP contribution in [-0.2, 0) is 0 Å². The Morgan fingerprint density at radius 2 is 1.84 bits per heavy atom. The van der Waals surface area contributed by atoms with Gasteiger partial charge in [0.25, 0.3) is 5.91 Å². The van der Waals surface area contributed by atoms with Crippen LogP contribution in [0.2, 0.25) is 20.2 Å². The summed E-state index contributed by atoms with van der Waals surface area (Å²) in [5, 5.41) is 6.24. The molecule has 3 aromatic rings. The van der Waals surface area contributed by atoms with Gasteiger partial charge in [0.05, 0.1) is 15.1 Å². The Labute approximate surface area is 162 Å². The molecule has 0 spiro atoms. The molecule has 0 aliphatic rings. The van der Waals surface area contributed by atoms with E-state index in [0.717, 1.165) is 0 Å². The summed E-state index contributed by atoms with van der Waals surface area (Å²) in [5.74, 6) is 0.250. The van der Waals surface area contributed by atoms with E-state index in [-0.39, 0.29) is 25.9 Å². The van der Waals surface area contributed by atoms with Gasteiger partial charge in [-0.3, -0.25) is 4.79 Å². The molecule has 0 radical (unpaired) electrons. The van der Waals surface area contributed by atoms with E-state index in [1.165, 1.54) is 0 Å². The van der Waals surface area contributed by atoms with Crippen LogP contribution in [0.5, 0.6) is 0 Å². The predicted octanol–water partition coefficient (Wildman–Crippen LogP) is 5.31. The van der Waals surface area contributed by atoms with Gasteiger partial charge < -0.3 is 9.84 Å². The Bertz CT molecular complexity index is 974. The fourth-order valence-corrected chi connectivity index (χ4v) is 2.79. The summed E-state index contributed by atoms with van der Waals surface area (Å²) in [5.41, 5.74) is 1.01. The van der Waals surface area contributed by atoms with Crippen molar-refractivity contribution in [2.75, 3.05) is 5.32 Å². The number of benzene rings is 1. The molecule has 2 aromatic heterocycles. The standard InChI is InChI=1S/C15H8Cl4N4O2/c1-6-20-14(23-25-6)7-3-2-4-8(5-7)21-15(24)12-10(17)9(16)11(18)13(19)22-12/h2-5H,1H3,(H,21,24). The molecule has 1 amide bonds. The molecule has 0 unspecified atom stereocenters. The summed E-state index contributed by atoms with van der Waals surface area (Å²) in [4.78, 5) is 20.4. The average Bonchev–Trinajstić information content (AvgIpc) is 3.03. The van der Waals surface area contributed by atoms with Gasteiger partial charge in [-0.2, -0.15) is 4.98 Å². The third-order valence-corrected chi connectivity index (χ3v) is 4.78. The Kier molecular flexibility index (Phi) is 5.15. The summed E-state index contributed by atoms with van der Waals surface area (Å²) in [6.45, 7) is 1.68. The van der Waals surface area contributed by atoms with E-state index in [9.17, 15) is 4.79 Å². The third kappa shape index (κ3) is 3.72. The highest BCUT2D eigenvalue weighted by molar-refractivity contribution is 6.52. The highest BCUT2D eigenvalue weighted by Gasteiger charge is 2.20. The minimum atomic E-state index is -0.591. The first-order valence-corrected chi connectivity index (χ1v) is 8.30. The summed E-state index contributed by atoms with van der Waals surface area (Å²) in [7, 11) is 0. The highest BCUT2D eigenvalue weighted by atomic mass is 35.5. The third-order valence-electron chi connectivity index (χ3n) is 3.11. The van der Waals surface area contributed by atoms with E-state index in [0.29, 0.717) is 23.0 Å². The van der Waals surface area contributed by atoms with Crippen LogP contribution in [0.25, 0.3) is 11.4 Å². The number of carbonyl (C=O) groups is 1. The number of aromatic nitrogens is 3. The van der Waals surface area contributed by atoms with E-state index in [1.807, 2.05) is 0 Å². The number of nitrogens with one attached hydrogen (secondary N) is 1. The normalized spacial score (nSPS) is 10.8. The van der Waals surface area contributed by atoms with Crippen LogP contribution in [0.15, 0.2) is 28.8 Å². The lowest BCUT2D eigenvalue weighted by Gasteiger charge is -2.09. The lowest BCUT2D eigenvalue weighted by Crippen LogP contribution is -2.15. The molecule has 3 rings (SSSR count). The van der Waals surface area contributed by atoms with E-state index in [4.69, 9.17) is 50.9 Å². The molecule has 128 valence electrons. The lowest BCUT2D eigenvalue weighted by atomic mass is 10.2. The molecule has 0 saturated heterocycles. The van der Waals surface area contributed by atoms with Crippen LogP contribution < -0.4 is 5.32 Å². The molecule has 10 heteroatoms. The first-order valence-electron chi connectivity index (χ1n) is 6.79. The molecule has 1 N–H and O–H groups in total. The van der Waals surface area contributed by atoms with Crippen molar-refractivity contribution in [1.82, 2.24) is 15.1 Å². The van der Waals surface area contributed by atoms with E-state index < -0.39 is 5.91 Å². The lowest BCUT2D eigenvalue weighted by molar-refractivity contribution is 0.102. The van der Waals surface area contributed by atoms with Crippen LogP contribution in [0.3, 0.4) is 0 Å². The largest absolute Gasteiger partial charge is 0.339 e. The number of hydrogen-bond donors (Lipinski definition) is 1. The second-order valence-corrected chi connectivity index (χ2v) is 6.36. The Hall–Kier alpha value is -1.86. The SMILES string of the molecule is Cc1nc(-c2cccc(NC(=O)c3nc(Cl)c(Cl)c(Cl)c3Cl)c2)no1. The van der Waals surface area contributed by atoms with Crippen molar-refractivity contribution in [1.29, 1.82) is 0 Å². The van der Waals surface area contributed by atoms with E-state index in [2.05, 4.69) is 20.4 Å².